The van der Waals surface area contributed by atoms with Crippen molar-refractivity contribution in [1.82, 2.24) is 9.88 Å². The first-order valence-electron chi connectivity index (χ1n) is 13.0. The quantitative estimate of drug-likeness (QED) is 0.513. The predicted molar refractivity (Wildman–Crippen MR) is 141 cm³/mol. The topological polar surface area (TPSA) is 91.4 Å². The minimum atomic E-state index is -0.725. The number of carbonyl (C=O) groups excluding carboxylic acids is 3. The van der Waals surface area contributed by atoms with Gasteiger partial charge in [-0.1, -0.05) is 26.0 Å². The summed E-state index contributed by atoms with van der Waals surface area (Å²) < 4.78 is 28.0. The van der Waals surface area contributed by atoms with Crippen molar-refractivity contribution in [2.45, 2.75) is 51.0 Å². The molecule has 2 atom stereocenters. The third kappa shape index (κ3) is 4.26. The average Bonchev–Trinajstić information content (AvgIpc) is 3.38. The van der Waals surface area contributed by atoms with Gasteiger partial charge in [0, 0.05) is 28.9 Å². The average molecular weight is 531 g/mol. The van der Waals surface area contributed by atoms with Crippen molar-refractivity contribution in [2.75, 3.05) is 17.2 Å². The maximum absolute atomic E-state index is 14.0. The molecule has 0 bridgehead atoms. The highest BCUT2D eigenvalue weighted by Gasteiger charge is 2.51. The van der Waals surface area contributed by atoms with Gasteiger partial charge in [0.2, 0.25) is 17.7 Å². The van der Waals surface area contributed by atoms with Gasteiger partial charge in [-0.05, 0) is 72.7 Å². The first kappa shape index (κ1) is 25.2. The Balaban J connectivity index is 1.22. The maximum atomic E-state index is 14.0. The second kappa shape index (κ2) is 8.97. The van der Waals surface area contributed by atoms with Crippen LogP contribution >= 0.6 is 0 Å². The van der Waals surface area contributed by atoms with Crippen LogP contribution in [0.2, 0.25) is 0 Å². The molecule has 1 aliphatic carbocycles. The van der Waals surface area contributed by atoms with E-state index < -0.39 is 34.4 Å². The van der Waals surface area contributed by atoms with Crippen molar-refractivity contribution in [2.24, 2.45) is 5.41 Å². The molecule has 3 aliphatic rings. The second-order valence-electron chi connectivity index (χ2n) is 11.4. The summed E-state index contributed by atoms with van der Waals surface area (Å²) in [5, 5.41) is 5.77. The van der Waals surface area contributed by atoms with E-state index in [-0.39, 0.29) is 18.4 Å². The maximum Gasteiger partial charge on any atom is 0.244 e. The lowest BCUT2D eigenvalue weighted by atomic mass is 9.78. The zero-order chi connectivity index (χ0) is 27.5. The van der Waals surface area contributed by atoms with Gasteiger partial charge in [-0.3, -0.25) is 14.4 Å². The molecule has 1 fully saturated rings. The highest BCUT2D eigenvalue weighted by molar-refractivity contribution is 6.06. The summed E-state index contributed by atoms with van der Waals surface area (Å²) in [5.41, 5.74) is 2.34. The number of benzene rings is 2. The number of rotatable bonds is 4. The molecule has 6 rings (SSSR count). The first-order chi connectivity index (χ1) is 18.6. The number of nitrogens with one attached hydrogen (secondary N) is 2. The number of aromatic nitrogens is 1. The minimum absolute atomic E-state index is 0.0796. The van der Waals surface area contributed by atoms with Crippen LogP contribution in [0.4, 0.5) is 20.3 Å². The van der Waals surface area contributed by atoms with E-state index in [1.807, 2.05) is 38.1 Å². The normalized spacial score (nSPS) is 23.0. The van der Waals surface area contributed by atoms with Crippen molar-refractivity contribution >= 4 is 29.2 Å². The van der Waals surface area contributed by atoms with Crippen LogP contribution in [-0.4, -0.2) is 34.2 Å². The third-order valence-corrected chi connectivity index (χ3v) is 8.31. The molecule has 1 spiro atoms. The molecule has 1 aromatic heterocycles. The number of likely N-dealkylation sites (tertiary alicyclic amines) is 1. The molecule has 3 aromatic rings. The predicted octanol–water partition coefficient (Wildman–Crippen LogP) is 4.68. The van der Waals surface area contributed by atoms with Crippen molar-refractivity contribution in [3.63, 3.8) is 0 Å². The lowest BCUT2D eigenvalue weighted by Crippen LogP contribution is -2.50. The summed E-state index contributed by atoms with van der Waals surface area (Å²) in [6.45, 7) is 3.37. The number of anilines is 2. The molecule has 1 saturated heterocycles. The molecule has 2 N–H and O–H groups in total. The summed E-state index contributed by atoms with van der Waals surface area (Å²) in [5.74, 6) is -1.60. The molecular weight excluding hydrogens is 502 g/mol. The van der Waals surface area contributed by atoms with E-state index in [9.17, 15) is 23.2 Å². The Labute approximate surface area is 224 Å². The summed E-state index contributed by atoms with van der Waals surface area (Å²) in [4.78, 5) is 45.2. The number of fused-ring (bicyclic) bond motifs is 3. The summed E-state index contributed by atoms with van der Waals surface area (Å²) in [6.07, 6.45) is 3.70. The van der Waals surface area contributed by atoms with Gasteiger partial charge in [0.1, 0.15) is 24.0 Å². The Hall–Kier alpha value is -4.14. The highest BCUT2D eigenvalue weighted by Crippen LogP contribution is 2.47. The highest BCUT2D eigenvalue weighted by atomic mass is 19.1. The fourth-order valence-corrected chi connectivity index (χ4v) is 6.29. The van der Waals surface area contributed by atoms with Gasteiger partial charge in [-0.15, -0.1) is 0 Å². The largest absolute Gasteiger partial charge is 0.326 e. The lowest BCUT2D eigenvalue weighted by Gasteiger charge is -2.43. The van der Waals surface area contributed by atoms with Gasteiger partial charge < -0.3 is 15.5 Å². The number of nitrogens with zero attached hydrogens (tertiary/aromatic N) is 2. The van der Waals surface area contributed by atoms with Crippen LogP contribution in [0.15, 0.2) is 54.7 Å². The van der Waals surface area contributed by atoms with E-state index in [0.29, 0.717) is 42.8 Å². The van der Waals surface area contributed by atoms with Crippen molar-refractivity contribution in [3.05, 3.63) is 88.6 Å². The van der Waals surface area contributed by atoms with E-state index in [4.69, 9.17) is 0 Å². The fraction of sp³-hybridized carbons (Fsp3) is 0.333. The zero-order valence-electron chi connectivity index (χ0n) is 21.7. The Kier molecular flexibility index (Phi) is 5.78. The molecule has 3 amide bonds. The van der Waals surface area contributed by atoms with Crippen LogP contribution in [-0.2, 0) is 32.6 Å². The Morgan fingerprint density at radius 3 is 2.59 bits per heavy atom. The van der Waals surface area contributed by atoms with Gasteiger partial charge >= 0.3 is 0 Å². The minimum Gasteiger partial charge on any atom is -0.326 e. The number of piperidine rings is 1. The van der Waals surface area contributed by atoms with E-state index >= 15 is 0 Å². The molecule has 3 heterocycles. The van der Waals surface area contributed by atoms with Crippen LogP contribution in [0.5, 0.6) is 0 Å². The number of carbonyl (C=O) groups is 3. The number of halogens is 2. The van der Waals surface area contributed by atoms with E-state index in [0.717, 1.165) is 22.8 Å². The lowest BCUT2D eigenvalue weighted by molar-refractivity contribution is -0.150. The standard InChI is InChI=1S/C30H28F2N4O3/c1-29(2)8-7-24(18-10-20(31)13-21(32)11-18)36(28(29)39)16-25(37)34-22-6-5-17-14-30(15-19(17)12-22)23-4-3-9-33-26(23)35-27(30)38/h3-6,9-13,24H,7-8,14-16H2,1-2H3,(H,34,37)(H,33,35,38). The summed E-state index contributed by atoms with van der Waals surface area (Å²) in [6, 6.07) is 11.9. The SMILES string of the molecule is CC1(C)CCC(c2cc(F)cc(F)c2)N(CC(=O)Nc2ccc3c(c2)CC2(C3)C(=O)Nc3ncccc32)C1=O. The molecule has 200 valence electrons. The monoisotopic (exact) mass is 530 g/mol. The molecule has 0 radical (unpaired) electrons. The molecule has 9 heteroatoms. The van der Waals surface area contributed by atoms with Gasteiger partial charge in [0.05, 0.1) is 11.5 Å². The molecule has 0 saturated carbocycles. The molecule has 39 heavy (non-hydrogen) atoms. The summed E-state index contributed by atoms with van der Waals surface area (Å²) in [7, 11) is 0. The van der Waals surface area contributed by atoms with Gasteiger partial charge in [-0.2, -0.15) is 0 Å². The molecular formula is C30H28F2N4O3. The van der Waals surface area contributed by atoms with Crippen molar-refractivity contribution < 1.29 is 23.2 Å². The molecule has 7 nitrogen and oxygen atoms in total. The van der Waals surface area contributed by atoms with Gasteiger partial charge in [-0.25, -0.2) is 13.8 Å². The zero-order valence-corrected chi connectivity index (χ0v) is 21.7. The van der Waals surface area contributed by atoms with Gasteiger partial charge in [0.15, 0.2) is 0 Å². The van der Waals surface area contributed by atoms with Crippen LogP contribution in [0.25, 0.3) is 0 Å². The van der Waals surface area contributed by atoms with Crippen molar-refractivity contribution in [3.8, 4) is 0 Å². The third-order valence-electron chi connectivity index (χ3n) is 8.31. The van der Waals surface area contributed by atoms with Crippen molar-refractivity contribution in [1.29, 1.82) is 0 Å². The van der Waals surface area contributed by atoms with Crippen LogP contribution in [0, 0.1) is 17.0 Å². The summed E-state index contributed by atoms with van der Waals surface area (Å²) >= 11 is 0. The first-order valence-corrected chi connectivity index (χ1v) is 13.0. The number of pyridine rings is 1. The van der Waals surface area contributed by atoms with Gasteiger partial charge in [0.25, 0.3) is 0 Å². The van der Waals surface area contributed by atoms with E-state index in [2.05, 4.69) is 15.6 Å². The second-order valence-corrected chi connectivity index (χ2v) is 11.4. The number of amides is 3. The molecule has 2 unspecified atom stereocenters. The van der Waals surface area contributed by atoms with Crippen LogP contribution in [0.1, 0.15) is 55.0 Å². The smallest absolute Gasteiger partial charge is 0.244 e. The Morgan fingerprint density at radius 1 is 1.08 bits per heavy atom. The Bertz CT molecular complexity index is 1520. The molecule has 2 aromatic carbocycles. The van der Waals surface area contributed by atoms with Crippen LogP contribution in [0.3, 0.4) is 0 Å². The fourth-order valence-electron chi connectivity index (χ4n) is 6.29. The number of hydrogen-bond acceptors (Lipinski definition) is 4. The number of hydrogen-bond donors (Lipinski definition) is 2. The van der Waals surface area contributed by atoms with Crippen LogP contribution < -0.4 is 10.6 Å². The molecule has 2 aliphatic heterocycles. The van der Waals surface area contributed by atoms with E-state index in [1.165, 1.54) is 17.0 Å². The Morgan fingerprint density at radius 2 is 1.82 bits per heavy atom. The van der Waals surface area contributed by atoms with E-state index in [1.54, 1.807) is 12.3 Å².